The summed E-state index contributed by atoms with van der Waals surface area (Å²) in [5, 5.41) is 0. The molecule has 0 atom stereocenters. The molecule has 1 rings (SSSR count). The second kappa shape index (κ2) is 2.88. The molecule has 0 saturated heterocycles. The summed E-state index contributed by atoms with van der Waals surface area (Å²) in [5.41, 5.74) is 0.488. The van der Waals surface area contributed by atoms with Gasteiger partial charge >= 0.3 is 5.97 Å². The monoisotopic (exact) mass is 203 g/mol. The standard InChI is InChI=1S/C6H6BrNO2/c1-10-6(9)5-3-2-4-8(5)7/h2-4H,1H3. The first-order chi connectivity index (χ1) is 4.75. The highest BCUT2D eigenvalue weighted by molar-refractivity contribution is 9.08. The molecule has 1 aromatic heterocycles. The number of esters is 1. The van der Waals surface area contributed by atoms with Gasteiger partial charge in [0.15, 0.2) is 0 Å². The van der Waals surface area contributed by atoms with E-state index in [9.17, 15) is 4.79 Å². The van der Waals surface area contributed by atoms with Crippen molar-refractivity contribution >= 4 is 22.1 Å². The molecule has 0 aromatic carbocycles. The number of ether oxygens (including phenoxy) is 1. The van der Waals surface area contributed by atoms with Crippen LogP contribution in [-0.2, 0) is 4.74 Å². The average Bonchev–Trinajstić information content (AvgIpc) is 2.34. The molecule has 0 aliphatic heterocycles. The normalized spacial score (nSPS) is 9.40. The molecule has 0 aliphatic carbocycles. The Morgan fingerprint density at radius 3 is 2.90 bits per heavy atom. The highest BCUT2D eigenvalue weighted by atomic mass is 79.9. The van der Waals surface area contributed by atoms with Crippen molar-refractivity contribution in [1.29, 1.82) is 0 Å². The van der Waals surface area contributed by atoms with Crippen molar-refractivity contribution in [3.05, 3.63) is 24.0 Å². The van der Waals surface area contributed by atoms with Crippen LogP contribution in [0, 0.1) is 0 Å². The van der Waals surface area contributed by atoms with Gasteiger partial charge in [-0.1, -0.05) is 0 Å². The summed E-state index contributed by atoms with van der Waals surface area (Å²) in [6, 6.07) is 3.42. The highest BCUT2D eigenvalue weighted by Gasteiger charge is 2.07. The largest absolute Gasteiger partial charge is 0.464 e. The van der Waals surface area contributed by atoms with Crippen LogP contribution in [0.2, 0.25) is 0 Å². The van der Waals surface area contributed by atoms with E-state index in [1.807, 2.05) is 0 Å². The van der Waals surface area contributed by atoms with E-state index in [2.05, 4.69) is 20.9 Å². The lowest BCUT2D eigenvalue weighted by Crippen LogP contribution is -2.03. The van der Waals surface area contributed by atoms with Gasteiger partial charge in [-0.3, -0.25) is 3.59 Å². The summed E-state index contributed by atoms with van der Waals surface area (Å²) in [5.74, 6) is -0.345. The average molecular weight is 204 g/mol. The van der Waals surface area contributed by atoms with Gasteiger partial charge < -0.3 is 4.74 Å². The second-order valence-electron chi connectivity index (χ2n) is 1.70. The minimum Gasteiger partial charge on any atom is -0.464 e. The van der Waals surface area contributed by atoms with Crippen LogP contribution in [-0.4, -0.2) is 16.7 Å². The Hall–Kier alpha value is -0.770. The molecular formula is C6H6BrNO2. The molecule has 1 heterocycles. The van der Waals surface area contributed by atoms with Crippen molar-refractivity contribution in [2.75, 3.05) is 7.11 Å². The van der Waals surface area contributed by atoms with Crippen molar-refractivity contribution in [3.63, 3.8) is 0 Å². The number of nitrogens with zero attached hydrogens (tertiary/aromatic N) is 1. The quantitative estimate of drug-likeness (QED) is 0.648. The summed E-state index contributed by atoms with van der Waals surface area (Å²) >= 11 is 3.12. The molecular weight excluding hydrogens is 198 g/mol. The number of rotatable bonds is 1. The zero-order valence-corrected chi connectivity index (χ0v) is 6.96. The number of aromatic nitrogens is 1. The van der Waals surface area contributed by atoms with Crippen LogP contribution in [0.3, 0.4) is 0 Å². The summed E-state index contributed by atoms with van der Waals surface area (Å²) < 4.78 is 6.01. The lowest BCUT2D eigenvalue weighted by molar-refractivity contribution is 0.0594. The SMILES string of the molecule is COC(=O)c1cccn1Br. The second-order valence-corrected chi connectivity index (χ2v) is 2.46. The van der Waals surface area contributed by atoms with Gasteiger partial charge in [-0.15, -0.1) is 0 Å². The van der Waals surface area contributed by atoms with Gasteiger partial charge in [-0.25, -0.2) is 4.79 Å². The Balaban J connectivity index is 2.93. The maximum absolute atomic E-state index is 10.8. The summed E-state index contributed by atoms with van der Waals surface area (Å²) in [4.78, 5) is 10.8. The van der Waals surface area contributed by atoms with Crippen LogP contribution >= 0.6 is 16.1 Å². The molecule has 54 valence electrons. The van der Waals surface area contributed by atoms with E-state index in [4.69, 9.17) is 0 Å². The molecule has 0 spiro atoms. The lowest BCUT2D eigenvalue weighted by Gasteiger charge is -1.96. The zero-order chi connectivity index (χ0) is 7.56. The molecule has 0 amide bonds. The Morgan fingerprint density at radius 1 is 1.80 bits per heavy atom. The van der Waals surface area contributed by atoms with Gasteiger partial charge in [0, 0.05) is 6.20 Å². The van der Waals surface area contributed by atoms with Crippen LogP contribution in [0.5, 0.6) is 0 Å². The Kier molecular flexibility index (Phi) is 2.11. The third-order valence-electron chi connectivity index (χ3n) is 1.10. The van der Waals surface area contributed by atoms with Gasteiger partial charge in [0.05, 0.1) is 23.3 Å². The van der Waals surface area contributed by atoms with E-state index in [1.54, 1.807) is 18.3 Å². The third kappa shape index (κ3) is 1.21. The number of methoxy groups -OCH3 is 1. The van der Waals surface area contributed by atoms with Gasteiger partial charge in [0.2, 0.25) is 0 Å². The maximum Gasteiger partial charge on any atom is 0.355 e. The van der Waals surface area contributed by atoms with Crippen molar-refractivity contribution in [3.8, 4) is 0 Å². The molecule has 0 aliphatic rings. The minimum absolute atomic E-state index is 0.345. The Morgan fingerprint density at radius 2 is 2.50 bits per heavy atom. The maximum atomic E-state index is 10.8. The molecule has 10 heavy (non-hydrogen) atoms. The highest BCUT2D eigenvalue weighted by Crippen LogP contribution is 2.06. The first-order valence-electron chi connectivity index (χ1n) is 2.67. The van der Waals surface area contributed by atoms with E-state index in [0.29, 0.717) is 5.69 Å². The summed E-state index contributed by atoms with van der Waals surface area (Å²) in [6.07, 6.45) is 1.71. The van der Waals surface area contributed by atoms with Crippen molar-refractivity contribution in [2.24, 2.45) is 0 Å². The van der Waals surface area contributed by atoms with Crippen LogP contribution in [0.25, 0.3) is 0 Å². The van der Waals surface area contributed by atoms with Crippen LogP contribution in [0.15, 0.2) is 18.3 Å². The number of halogens is 1. The predicted molar refractivity (Wildman–Crippen MR) is 40.1 cm³/mol. The molecule has 0 fully saturated rings. The number of hydrogen-bond donors (Lipinski definition) is 0. The minimum atomic E-state index is -0.345. The summed E-state index contributed by atoms with van der Waals surface area (Å²) in [7, 11) is 1.35. The molecule has 0 saturated carbocycles. The van der Waals surface area contributed by atoms with E-state index in [-0.39, 0.29) is 5.97 Å². The Labute approximate surface area is 66.9 Å². The smallest absolute Gasteiger partial charge is 0.355 e. The first-order valence-corrected chi connectivity index (χ1v) is 3.38. The molecule has 4 heteroatoms. The van der Waals surface area contributed by atoms with Gasteiger partial charge in [0.25, 0.3) is 0 Å². The Bertz CT molecular complexity index is 244. The fraction of sp³-hybridized carbons (Fsp3) is 0.167. The first kappa shape index (κ1) is 7.34. The number of carbonyl (C=O) groups is 1. The lowest BCUT2D eigenvalue weighted by atomic mass is 10.4. The van der Waals surface area contributed by atoms with Crippen molar-refractivity contribution in [2.45, 2.75) is 0 Å². The van der Waals surface area contributed by atoms with E-state index in [1.165, 1.54) is 10.7 Å². The molecule has 0 bridgehead atoms. The van der Waals surface area contributed by atoms with Crippen LogP contribution in [0.1, 0.15) is 10.5 Å². The van der Waals surface area contributed by atoms with Gasteiger partial charge in [-0.05, 0) is 12.1 Å². The van der Waals surface area contributed by atoms with E-state index >= 15 is 0 Å². The third-order valence-corrected chi connectivity index (χ3v) is 1.71. The van der Waals surface area contributed by atoms with Crippen molar-refractivity contribution < 1.29 is 9.53 Å². The van der Waals surface area contributed by atoms with Gasteiger partial charge in [-0.2, -0.15) is 0 Å². The molecule has 0 N–H and O–H groups in total. The molecule has 1 aromatic rings. The van der Waals surface area contributed by atoms with Crippen LogP contribution in [0.4, 0.5) is 0 Å². The number of carbonyl (C=O) groups excluding carboxylic acids is 1. The fourth-order valence-electron chi connectivity index (χ4n) is 0.621. The molecule has 0 unspecified atom stereocenters. The summed E-state index contributed by atoms with van der Waals surface area (Å²) in [6.45, 7) is 0. The number of hydrogen-bond acceptors (Lipinski definition) is 2. The molecule has 0 radical (unpaired) electrons. The van der Waals surface area contributed by atoms with E-state index in [0.717, 1.165) is 0 Å². The van der Waals surface area contributed by atoms with Crippen LogP contribution < -0.4 is 0 Å². The zero-order valence-electron chi connectivity index (χ0n) is 5.37. The topological polar surface area (TPSA) is 31.2 Å². The fourth-order valence-corrected chi connectivity index (χ4v) is 1.02. The predicted octanol–water partition coefficient (Wildman–Crippen LogP) is 1.43. The van der Waals surface area contributed by atoms with Crippen molar-refractivity contribution in [1.82, 2.24) is 3.59 Å². The van der Waals surface area contributed by atoms with E-state index < -0.39 is 0 Å². The van der Waals surface area contributed by atoms with Gasteiger partial charge in [0.1, 0.15) is 5.69 Å². The molecule has 3 nitrogen and oxygen atoms in total.